The van der Waals surface area contributed by atoms with Gasteiger partial charge in [0.2, 0.25) is 3.79 Å². The lowest BCUT2D eigenvalue weighted by Gasteiger charge is -2.31. The van der Waals surface area contributed by atoms with Crippen molar-refractivity contribution in [2.75, 3.05) is 13.2 Å². The molecule has 0 fully saturated rings. The molecule has 0 saturated heterocycles. The molecule has 0 aliphatic heterocycles. The molecule has 1 atom stereocenters. The third-order valence-corrected chi connectivity index (χ3v) is 6.37. The van der Waals surface area contributed by atoms with Crippen LogP contribution >= 0.6 is 54.0 Å². The van der Waals surface area contributed by atoms with Crippen molar-refractivity contribution in [1.82, 2.24) is 5.32 Å². The Morgan fingerprint density at radius 3 is 2.04 bits per heavy atom. The molecular weight excluding hydrogens is 407 g/mol. The van der Waals surface area contributed by atoms with Crippen molar-refractivity contribution in [3.8, 4) is 0 Å². The maximum absolute atomic E-state index is 12.8. The van der Waals surface area contributed by atoms with Crippen LogP contribution in [0.1, 0.15) is 24.2 Å². The molecule has 0 bridgehead atoms. The van der Waals surface area contributed by atoms with E-state index in [4.69, 9.17) is 55.5 Å². The molecule has 5 nitrogen and oxygen atoms in total. The van der Waals surface area contributed by atoms with Gasteiger partial charge in [0.25, 0.3) is 5.91 Å². The average molecular weight is 423 g/mol. The summed E-state index contributed by atoms with van der Waals surface area (Å²) in [5.41, 5.74) is 0.258. The quantitative estimate of drug-likeness (QED) is 0.494. The van der Waals surface area contributed by atoms with Crippen LogP contribution in [-0.2, 0) is 13.6 Å². The molecule has 0 spiro atoms. The first-order chi connectivity index (χ1) is 10.6. The molecular formula is C13H16Cl4NO4P. The Kier molecular flexibility index (Phi) is 8.15. The van der Waals surface area contributed by atoms with Gasteiger partial charge in [-0.3, -0.25) is 9.36 Å². The third-order valence-electron chi connectivity index (χ3n) is 2.62. The molecule has 1 aromatic rings. The molecule has 1 amide bonds. The maximum Gasteiger partial charge on any atom is 0.357 e. The topological polar surface area (TPSA) is 64.6 Å². The van der Waals surface area contributed by atoms with Crippen LogP contribution in [-0.4, -0.2) is 28.7 Å². The van der Waals surface area contributed by atoms with Crippen LogP contribution in [0.15, 0.2) is 24.3 Å². The van der Waals surface area contributed by atoms with Gasteiger partial charge in [-0.15, -0.1) is 0 Å². The van der Waals surface area contributed by atoms with Gasteiger partial charge in [-0.25, -0.2) is 0 Å². The number of benzene rings is 1. The lowest BCUT2D eigenvalue weighted by molar-refractivity contribution is 0.0938. The number of hydrogen-bond donors (Lipinski definition) is 1. The minimum absolute atomic E-state index is 0.0609. The number of hydrogen-bond acceptors (Lipinski definition) is 4. The zero-order chi connectivity index (χ0) is 17.7. The van der Waals surface area contributed by atoms with Crippen molar-refractivity contribution in [3.05, 3.63) is 34.9 Å². The second kappa shape index (κ2) is 8.91. The highest BCUT2D eigenvalue weighted by Gasteiger charge is 2.49. The molecule has 0 aromatic heterocycles. The van der Waals surface area contributed by atoms with Crippen molar-refractivity contribution in [2.45, 2.75) is 23.4 Å². The molecule has 0 radical (unpaired) electrons. The molecule has 1 unspecified atom stereocenters. The fourth-order valence-electron chi connectivity index (χ4n) is 1.70. The van der Waals surface area contributed by atoms with E-state index in [-0.39, 0.29) is 18.8 Å². The van der Waals surface area contributed by atoms with Crippen LogP contribution in [0.3, 0.4) is 0 Å². The van der Waals surface area contributed by atoms with E-state index in [0.29, 0.717) is 5.02 Å². The lowest BCUT2D eigenvalue weighted by Crippen LogP contribution is -2.44. The summed E-state index contributed by atoms with van der Waals surface area (Å²) < 4.78 is 21.1. The van der Waals surface area contributed by atoms with Gasteiger partial charge < -0.3 is 14.4 Å². The Morgan fingerprint density at radius 1 is 1.17 bits per heavy atom. The van der Waals surface area contributed by atoms with E-state index in [2.05, 4.69) is 5.32 Å². The first-order valence-corrected chi connectivity index (χ1v) is 9.78. The summed E-state index contributed by atoms with van der Waals surface area (Å²) in [4.78, 5) is 12.3. The number of nitrogens with one attached hydrogen (secondary N) is 1. The Balaban J connectivity index is 3.09. The minimum Gasteiger partial charge on any atom is -0.334 e. The Hall–Kier alpha value is -0.000000000000000111. The highest BCUT2D eigenvalue weighted by atomic mass is 35.6. The van der Waals surface area contributed by atoms with Gasteiger partial charge in [0, 0.05) is 10.6 Å². The molecule has 10 heteroatoms. The molecule has 1 rings (SSSR count). The van der Waals surface area contributed by atoms with Gasteiger partial charge in [-0.05, 0) is 38.1 Å². The van der Waals surface area contributed by atoms with Gasteiger partial charge in [-0.1, -0.05) is 46.4 Å². The minimum atomic E-state index is -3.89. The number of carbonyl (C=O) groups is 1. The van der Waals surface area contributed by atoms with Gasteiger partial charge >= 0.3 is 7.60 Å². The van der Waals surface area contributed by atoms with Crippen LogP contribution in [0.2, 0.25) is 5.02 Å². The first-order valence-electron chi connectivity index (χ1n) is 6.66. The third kappa shape index (κ3) is 6.09. The standard InChI is InChI=1S/C13H16Cl4NO4P/c1-3-21-23(20,22-4-2)12(13(15,16)17)18-11(19)9-5-7-10(14)8-6-9/h5-8,12H,3-4H2,1-2H3,(H,18,19). The van der Waals surface area contributed by atoms with Crippen molar-refractivity contribution < 1.29 is 18.4 Å². The monoisotopic (exact) mass is 421 g/mol. The van der Waals surface area contributed by atoms with Crippen molar-refractivity contribution in [2.24, 2.45) is 0 Å². The summed E-state index contributed by atoms with van der Waals surface area (Å²) in [6.45, 7) is 3.35. The van der Waals surface area contributed by atoms with Gasteiger partial charge in [0.05, 0.1) is 13.2 Å². The molecule has 1 N–H and O–H groups in total. The van der Waals surface area contributed by atoms with E-state index in [1.807, 2.05) is 0 Å². The second-order valence-electron chi connectivity index (χ2n) is 4.30. The van der Waals surface area contributed by atoms with E-state index in [0.717, 1.165) is 0 Å². The summed E-state index contributed by atoms with van der Waals surface area (Å²) in [6, 6.07) is 6.04. The number of rotatable bonds is 7. The van der Waals surface area contributed by atoms with Crippen LogP contribution in [0.4, 0.5) is 0 Å². The number of amides is 1. The molecule has 23 heavy (non-hydrogen) atoms. The largest absolute Gasteiger partial charge is 0.357 e. The predicted molar refractivity (Wildman–Crippen MR) is 93.9 cm³/mol. The SMILES string of the molecule is CCOP(=O)(OCC)C(NC(=O)c1ccc(Cl)cc1)C(Cl)(Cl)Cl. The summed E-state index contributed by atoms with van der Waals surface area (Å²) >= 11 is 23.4. The number of carbonyl (C=O) groups excluding carboxylic acids is 1. The highest BCUT2D eigenvalue weighted by molar-refractivity contribution is 7.55. The number of alkyl halides is 3. The zero-order valence-electron chi connectivity index (χ0n) is 12.4. The van der Waals surface area contributed by atoms with E-state index < -0.39 is 23.1 Å². The van der Waals surface area contributed by atoms with Crippen LogP contribution in [0.5, 0.6) is 0 Å². The molecule has 0 saturated carbocycles. The highest BCUT2D eigenvalue weighted by Crippen LogP contribution is 2.58. The van der Waals surface area contributed by atoms with E-state index in [9.17, 15) is 9.36 Å². The lowest BCUT2D eigenvalue weighted by atomic mass is 10.2. The molecule has 1 aromatic carbocycles. The van der Waals surface area contributed by atoms with E-state index in [1.165, 1.54) is 24.3 Å². The molecule has 0 aliphatic rings. The van der Waals surface area contributed by atoms with Crippen molar-refractivity contribution in [3.63, 3.8) is 0 Å². The summed E-state index contributed by atoms with van der Waals surface area (Å²) in [6.07, 6.45) is 0. The first kappa shape index (κ1) is 21.0. The summed E-state index contributed by atoms with van der Waals surface area (Å²) in [7, 11) is -3.89. The van der Waals surface area contributed by atoms with E-state index >= 15 is 0 Å². The summed E-state index contributed by atoms with van der Waals surface area (Å²) in [5, 5.41) is 2.88. The van der Waals surface area contributed by atoms with Gasteiger partial charge in [-0.2, -0.15) is 0 Å². The molecule has 0 aliphatic carbocycles. The van der Waals surface area contributed by atoms with Crippen molar-refractivity contribution >= 4 is 59.9 Å². The second-order valence-corrected chi connectivity index (χ2v) is 9.22. The fraction of sp³-hybridized carbons (Fsp3) is 0.462. The maximum atomic E-state index is 12.8. The zero-order valence-corrected chi connectivity index (χ0v) is 16.3. The summed E-state index contributed by atoms with van der Waals surface area (Å²) in [5.74, 6) is -2.07. The number of halogens is 4. The predicted octanol–water partition coefficient (Wildman–Crippen LogP) is 5.03. The van der Waals surface area contributed by atoms with Crippen LogP contribution in [0, 0.1) is 0 Å². The van der Waals surface area contributed by atoms with Crippen molar-refractivity contribution in [1.29, 1.82) is 0 Å². The van der Waals surface area contributed by atoms with Crippen LogP contribution in [0.25, 0.3) is 0 Å². The van der Waals surface area contributed by atoms with E-state index in [1.54, 1.807) is 13.8 Å². The average Bonchev–Trinajstić information content (AvgIpc) is 2.44. The molecule has 0 heterocycles. The Bertz CT molecular complexity index is 566. The Morgan fingerprint density at radius 2 is 1.65 bits per heavy atom. The molecule has 130 valence electrons. The smallest absolute Gasteiger partial charge is 0.334 e. The Labute approximate surface area is 155 Å². The normalized spacial score (nSPS) is 13.7. The fourth-order valence-corrected chi connectivity index (χ4v) is 4.79. The van der Waals surface area contributed by atoms with Gasteiger partial charge in [0.15, 0.2) is 5.78 Å². The van der Waals surface area contributed by atoms with Crippen LogP contribution < -0.4 is 5.32 Å². The van der Waals surface area contributed by atoms with Gasteiger partial charge in [0.1, 0.15) is 0 Å².